The van der Waals surface area contributed by atoms with E-state index in [0.29, 0.717) is 4.90 Å². The number of aliphatic hydroxyl groups is 5. The molecule has 148 valence electrons. The van der Waals surface area contributed by atoms with Gasteiger partial charge in [-0.25, -0.2) is 4.39 Å². The maximum Gasteiger partial charge on any atom is 0.306 e. The van der Waals surface area contributed by atoms with Gasteiger partial charge in [0.05, 0.1) is 0 Å². The van der Waals surface area contributed by atoms with Gasteiger partial charge in [-0.2, -0.15) is 0 Å². The molecule has 2 heterocycles. The summed E-state index contributed by atoms with van der Waals surface area (Å²) in [6.45, 7) is -0.467. The molecular weight excluding hydrogens is 369 g/mol. The van der Waals surface area contributed by atoms with Crippen LogP contribution < -0.4 is 11.1 Å². The maximum absolute atomic E-state index is 13.6. The average molecular weight is 387 g/mol. The molecule has 0 aromatic rings. The van der Waals surface area contributed by atoms with Crippen molar-refractivity contribution >= 4 is 17.7 Å². The molecule has 3 amide bonds. The Morgan fingerprint density at radius 2 is 1.78 bits per heavy atom. The van der Waals surface area contributed by atoms with Crippen molar-refractivity contribution in [3.8, 4) is 0 Å². The summed E-state index contributed by atoms with van der Waals surface area (Å²) in [4.78, 5) is 36.7. The molecule has 3 atom stereocenters. The Morgan fingerprint density at radius 3 is 2.41 bits per heavy atom. The number of allylic oxidation sites excluding steroid dienone is 2. The molecule has 2 aliphatic heterocycles. The average Bonchev–Trinajstić information content (AvgIpc) is 2.84. The van der Waals surface area contributed by atoms with Gasteiger partial charge in [0, 0.05) is 30.5 Å². The third kappa shape index (κ3) is 2.53. The van der Waals surface area contributed by atoms with Gasteiger partial charge in [-0.15, -0.1) is 0 Å². The van der Waals surface area contributed by atoms with Crippen LogP contribution in [0.1, 0.15) is 12.8 Å². The highest BCUT2D eigenvalue weighted by molar-refractivity contribution is 6.09. The number of carbonyl (C=O) groups is 3. The minimum atomic E-state index is -4.15. The lowest BCUT2D eigenvalue weighted by atomic mass is 9.86. The lowest BCUT2D eigenvalue weighted by Crippen LogP contribution is -2.85. The molecule has 3 unspecified atom stereocenters. The number of halogens is 1. The molecule has 11 nitrogen and oxygen atoms in total. The molecule has 0 saturated carbocycles. The Labute approximate surface area is 151 Å². The van der Waals surface area contributed by atoms with Crippen LogP contribution in [-0.2, 0) is 14.4 Å². The number of piperidine rings is 1. The Kier molecular flexibility index (Phi) is 4.26. The van der Waals surface area contributed by atoms with Crippen molar-refractivity contribution in [3.05, 3.63) is 23.6 Å². The van der Waals surface area contributed by atoms with Gasteiger partial charge in [0.25, 0.3) is 29.2 Å². The number of nitrogens with two attached hydrogens (primary N) is 1. The van der Waals surface area contributed by atoms with Crippen LogP contribution in [0.5, 0.6) is 0 Å². The minimum Gasteiger partial charge on any atom is -0.359 e. The van der Waals surface area contributed by atoms with Crippen LogP contribution in [0.15, 0.2) is 23.6 Å². The number of amides is 3. The van der Waals surface area contributed by atoms with Crippen LogP contribution in [0, 0.1) is 5.92 Å². The number of carbonyl (C=O) groups excluding carboxylic acids is 3. The van der Waals surface area contributed by atoms with E-state index in [1.54, 1.807) is 0 Å². The predicted octanol–water partition coefficient (Wildman–Crippen LogP) is -3.95. The number of rotatable bonds is 1. The van der Waals surface area contributed by atoms with Crippen LogP contribution in [0.4, 0.5) is 4.39 Å². The maximum atomic E-state index is 13.6. The Balaban J connectivity index is 2.05. The standard InChI is InChI=1S/C15H18FN3O8/c16-7-1-2-9-6(3-8(17)4-7)5-19(10(9)20)13(23)11(21)18-12(22)14(24,25)15(13,26)27/h2,4,6,8,23-27H,1,3,5,17H2,(H,18,21,22)/b7-4+,9-2+. The summed E-state index contributed by atoms with van der Waals surface area (Å²) in [6, 6.07) is -0.786. The molecule has 2 fully saturated rings. The summed E-state index contributed by atoms with van der Waals surface area (Å²) in [5, 5.41) is 51.6. The summed E-state index contributed by atoms with van der Waals surface area (Å²) in [6.07, 6.45) is 2.11. The highest BCUT2D eigenvalue weighted by atomic mass is 19.1. The third-order valence-corrected chi connectivity index (χ3v) is 5.03. The first-order valence-electron chi connectivity index (χ1n) is 7.95. The van der Waals surface area contributed by atoms with E-state index >= 15 is 0 Å². The van der Waals surface area contributed by atoms with Gasteiger partial charge in [-0.1, -0.05) is 6.08 Å². The molecule has 1 aliphatic carbocycles. The number of imide groups is 1. The number of likely N-dealkylation sites (tertiary alicyclic amines) is 1. The number of nitrogens with zero attached hydrogens (tertiary/aromatic N) is 1. The second-order valence-electron chi connectivity index (χ2n) is 6.79. The Bertz CT molecular complexity index is 792. The molecule has 3 rings (SSSR count). The molecule has 0 aromatic carbocycles. The van der Waals surface area contributed by atoms with Gasteiger partial charge in [0.15, 0.2) is 0 Å². The zero-order chi connectivity index (χ0) is 20.4. The van der Waals surface area contributed by atoms with Crippen LogP contribution >= 0.6 is 0 Å². The highest BCUT2D eigenvalue weighted by Crippen LogP contribution is 2.42. The van der Waals surface area contributed by atoms with Gasteiger partial charge in [0.1, 0.15) is 5.83 Å². The number of hydrogen-bond acceptors (Lipinski definition) is 9. The second-order valence-corrected chi connectivity index (χ2v) is 6.79. The zero-order valence-electron chi connectivity index (χ0n) is 13.8. The molecule has 2 saturated heterocycles. The highest BCUT2D eigenvalue weighted by Gasteiger charge is 2.76. The van der Waals surface area contributed by atoms with Crippen molar-refractivity contribution in [3.63, 3.8) is 0 Å². The van der Waals surface area contributed by atoms with E-state index < -0.39 is 59.4 Å². The lowest BCUT2D eigenvalue weighted by Gasteiger charge is -2.50. The van der Waals surface area contributed by atoms with Crippen LogP contribution in [0.3, 0.4) is 0 Å². The SMILES string of the molecule is NC1/C=C(/F)C/C=C2/C(=O)N(C3(O)C(=O)NC(=O)C(O)(O)C3(O)O)CC2C1. The summed E-state index contributed by atoms with van der Waals surface area (Å²) in [5.41, 5.74) is 2.11. The van der Waals surface area contributed by atoms with E-state index in [4.69, 9.17) is 5.73 Å². The predicted molar refractivity (Wildman–Crippen MR) is 82.1 cm³/mol. The van der Waals surface area contributed by atoms with Crippen LogP contribution in [-0.4, -0.2) is 78.0 Å². The van der Waals surface area contributed by atoms with Crippen molar-refractivity contribution in [1.82, 2.24) is 10.2 Å². The first-order valence-corrected chi connectivity index (χ1v) is 7.95. The van der Waals surface area contributed by atoms with Crippen molar-refractivity contribution in [1.29, 1.82) is 0 Å². The minimum absolute atomic E-state index is 0.0331. The van der Waals surface area contributed by atoms with E-state index in [2.05, 4.69) is 0 Å². The zero-order valence-corrected chi connectivity index (χ0v) is 13.8. The normalized spacial score (nSPS) is 39.5. The van der Waals surface area contributed by atoms with Crippen molar-refractivity contribution in [2.75, 3.05) is 6.54 Å². The molecule has 0 aromatic heterocycles. The number of nitrogens with one attached hydrogen (secondary N) is 1. The topological polar surface area (TPSA) is 194 Å². The van der Waals surface area contributed by atoms with Crippen molar-refractivity contribution in [2.45, 2.75) is 36.2 Å². The lowest BCUT2D eigenvalue weighted by molar-refractivity contribution is -0.408. The fraction of sp³-hybridized carbons (Fsp3) is 0.533. The monoisotopic (exact) mass is 387 g/mol. The van der Waals surface area contributed by atoms with E-state index in [-0.39, 0.29) is 18.4 Å². The van der Waals surface area contributed by atoms with Crippen molar-refractivity contribution < 1.29 is 44.3 Å². The third-order valence-electron chi connectivity index (χ3n) is 5.03. The fourth-order valence-electron chi connectivity index (χ4n) is 3.52. The fourth-order valence-corrected chi connectivity index (χ4v) is 3.52. The molecule has 0 spiro atoms. The summed E-state index contributed by atoms with van der Waals surface area (Å²) < 4.78 is 13.6. The smallest absolute Gasteiger partial charge is 0.306 e. The molecule has 0 bridgehead atoms. The van der Waals surface area contributed by atoms with Gasteiger partial charge in [-0.3, -0.25) is 24.6 Å². The van der Waals surface area contributed by atoms with Crippen LogP contribution in [0.25, 0.3) is 0 Å². The first kappa shape index (κ1) is 19.5. The number of fused-ring (bicyclic) bond motifs is 1. The van der Waals surface area contributed by atoms with E-state index in [9.17, 15) is 44.3 Å². The summed E-state index contributed by atoms with van der Waals surface area (Å²) in [7, 11) is 0. The van der Waals surface area contributed by atoms with Gasteiger partial charge in [-0.05, 0) is 12.5 Å². The van der Waals surface area contributed by atoms with E-state index in [0.717, 1.165) is 6.08 Å². The van der Waals surface area contributed by atoms with Gasteiger partial charge in [0.2, 0.25) is 0 Å². The molecule has 27 heavy (non-hydrogen) atoms. The Hall–Kier alpha value is -2.22. The van der Waals surface area contributed by atoms with Gasteiger partial charge >= 0.3 is 5.79 Å². The van der Waals surface area contributed by atoms with E-state index in [1.165, 1.54) is 11.4 Å². The number of hydrogen-bond donors (Lipinski definition) is 7. The molecule has 0 radical (unpaired) electrons. The largest absolute Gasteiger partial charge is 0.359 e. The molecule has 12 heteroatoms. The second kappa shape index (κ2) is 5.89. The van der Waals surface area contributed by atoms with Gasteiger partial charge < -0.3 is 31.3 Å². The molecular formula is C15H18FN3O8. The quantitative estimate of drug-likeness (QED) is 0.174. The first-order chi connectivity index (χ1) is 12.3. The molecule has 8 N–H and O–H groups in total. The van der Waals surface area contributed by atoms with Crippen LogP contribution in [0.2, 0.25) is 0 Å². The van der Waals surface area contributed by atoms with Crippen molar-refractivity contribution in [2.24, 2.45) is 11.7 Å². The van der Waals surface area contributed by atoms with E-state index in [1.807, 2.05) is 0 Å². The summed E-state index contributed by atoms with van der Waals surface area (Å²) >= 11 is 0. The molecule has 3 aliphatic rings. The summed E-state index contributed by atoms with van der Waals surface area (Å²) in [5.74, 6) is -14.2. The Morgan fingerprint density at radius 1 is 1.15 bits per heavy atom.